The van der Waals surface area contributed by atoms with Crippen molar-refractivity contribution in [3.8, 4) is 11.3 Å². The van der Waals surface area contributed by atoms with Gasteiger partial charge in [-0.05, 0) is 124 Å². The average Bonchev–Trinajstić information content (AvgIpc) is 2.95. The molecule has 2 aromatic heterocycles. The van der Waals surface area contributed by atoms with E-state index < -0.39 is 0 Å². The van der Waals surface area contributed by atoms with Crippen molar-refractivity contribution in [1.82, 2.24) is 14.3 Å². The van der Waals surface area contributed by atoms with Crippen molar-refractivity contribution in [3.63, 3.8) is 0 Å². The van der Waals surface area contributed by atoms with Crippen LogP contribution in [-0.2, 0) is -0.565 Å². The molecule has 1 amide bonds. The summed E-state index contributed by atoms with van der Waals surface area (Å²) in [6, 6.07) is 10.2. The fourth-order valence-electron chi connectivity index (χ4n) is 3.03. The van der Waals surface area contributed by atoms with Gasteiger partial charge >= 0.3 is 0 Å². The highest BCUT2D eigenvalue weighted by Gasteiger charge is 2.22. The van der Waals surface area contributed by atoms with E-state index in [1.807, 2.05) is 39.1 Å². The predicted molar refractivity (Wildman–Crippen MR) is 136 cm³/mol. The second kappa shape index (κ2) is 8.13. The van der Waals surface area contributed by atoms with Crippen LogP contribution in [0.15, 0.2) is 36.5 Å². The third kappa shape index (κ3) is 4.29. The highest BCUT2D eigenvalue weighted by atomic mass is 127. The van der Waals surface area contributed by atoms with Gasteiger partial charge in [0.05, 0.1) is 5.69 Å². The lowest BCUT2D eigenvalue weighted by molar-refractivity contribution is 0.0802. The van der Waals surface area contributed by atoms with Gasteiger partial charge in [0.25, 0.3) is 5.91 Å². The molecule has 0 aliphatic rings. The number of imidazole rings is 1. The Balaban J connectivity index is 2.07. The minimum Gasteiger partial charge on any atom is -0.342 e. The topological polar surface area (TPSA) is 37.6 Å². The smallest absolute Gasteiger partial charge is 0.253 e. The molecule has 27 heavy (non-hydrogen) atoms. The van der Waals surface area contributed by atoms with E-state index in [9.17, 15) is 4.79 Å². The Bertz CT molecular complexity index is 1020. The van der Waals surface area contributed by atoms with Crippen molar-refractivity contribution >= 4 is 79.3 Å². The number of nitrogens with zero attached hydrogens (tertiary/aromatic N) is 3. The van der Waals surface area contributed by atoms with Crippen molar-refractivity contribution in [1.29, 1.82) is 0 Å². The van der Waals surface area contributed by atoms with Crippen LogP contribution in [0, 0.1) is 13.8 Å². The number of aryl methyl sites for hydroxylation is 2. The first-order valence-corrected chi connectivity index (χ1v) is 11.8. The zero-order valence-corrected chi connectivity index (χ0v) is 22.0. The summed E-state index contributed by atoms with van der Waals surface area (Å²) in [5.74, 6) is 0.0472. The van der Waals surface area contributed by atoms with Crippen molar-refractivity contribution in [2.24, 2.45) is 0 Å². The molecule has 4 nitrogen and oxygen atoms in total. The standard InChI is InChI=1S/C20H20I3N3O/c1-5-25(4)19(27)14-6-7-16(12(2)10-14)18-13(3)26-9-8-15(20(21,22)23)11-17(26)24-18/h6-11H,5H2,1-4H3. The summed E-state index contributed by atoms with van der Waals surface area (Å²) in [4.78, 5) is 19.0. The quantitative estimate of drug-likeness (QED) is 0.243. The van der Waals surface area contributed by atoms with Crippen molar-refractivity contribution in [2.45, 2.75) is 20.2 Å². The van der Waals surface area contributed by atoms with Crippen LogP contribution in [0.1, 0.15) is 34.1 Å². The lowest BCUT2D eigenvalue weighted by Gasteiger charge is -2.15. The molecular weight excluding hydrogens is 679 g/mol. The molecule has 0 N–H and O–H groups in total. The fraction of sp³-hybridized carbons (Fsp3) is 0.300. The van der Waals surface area contributed by atoms with Crippen molar-refractivity contribution in [2.75, 3.05) is 13.6 Å². The highest BCUT2D eigenvalue weighted by Crippen LogP contribution is 2.46. The van der Waals surface area contributed by atoms with Gasteiger partial charge in [0, 0.05) is 36.6 Å². The van der Waals surface area contributed by atoms with Gasteiger partial charge in [-0.15, -0.1) is 0 Å². The van der Waals surface area contributed by atoms with Crippen molar-refractivity contribution < 1.29 is 4.79 Å². The lowest BCUT2D eigenvalue weighted by Crippen LogP contribution is -2.26. The van der Waals surface area contributed by atoms with Crippen LogP contribution in [0.3, 0.4) is 0 Å². The molecule has 142 valence electrons. The molecule has 3 aromatic rings. The number of rotatable bonds is 4. The van der Waals surface area contributed by atoms with Gasteiger partial charge in [-0.3, -0.25) is 4.79 Å². The summed E-state index contributed by atoms with van der Waals surface area (Å²) in [5, 5.41) is 0. The zero-order chi connectivity index (χ0) is 19.9. The molecule has 0 saturated carbocycles. The van der Waals surface area contributed by atoms with Crippen LogP contribution < -0.4 is 0 Å². The summed E-state index contributed by atoms with van der Waals surface area (Å²) in [6.07, 6.45) is 2.09. The van der Waals surface area contributed by atoms with E-state index in [0.29, 0.717) is 12.1 Å². The number of fused-ring (bicyclic) bond motifs is 1. The molecule has 0 aliphatic carbocycles. The molecule has 0 saturated heterocycles. The van der Waals surface area contributed by atoms with Gasteiger partial charge in [0.2, 0.25) is 0 Å². The monoisotopic (exact) mass is 699 g/mol. The Hall–Kier alpha value is -0.430. The molecule has 3 rings (SSSR count). The lowest BCUT2D eigenvalue weighted by atomic mass is 10.0. The first-order chi connectivity index (χ1) is 12.6. The van der Waals surface area contributed by atoms with Crippen LogP contribution in [0.25, 0.3) is 16.9 Å². The van der Waals surface area contributed by atoms with Crippen LogP contribution in [-0.4, -0.2) is 33.8 Å². The Kier molecular flexibility index (Phi) is 6.41. The number of amides is 1. The number of carbonyl (C=O) groups excluding carboxylic acids is 1. The summed E-state index contributed by atoms with van der Waals surface area (Å²) in [5.41, 5.74) is 7.09. The predicted octanol–water partition coefficient (Wildman–Crippen LogP) is 6.13. The van der Waals surface area contributed by atoms with Crippen LogP contribution >= 0.6 is 67.8 Å². The van der Waals surface area contributed by atoms with Gasteiger partial charge < -0.3 is 9.30 Å². The van der Waals surface area contributed by atoms with Gasteiger partial charge in [-0.1, -0.05) is 6.07 Å². The number of benzene rings is 1. The normalized spacial score (nSPS) is 11.8. The molecule has 0 aliphatic heterocycles. The number of pyridine rings is 1. The minimum absolute atomic E-state index is 0.00171. The molecule has 0 unspecified atom stereocenters. The van der Waals surface area contributed by atoms with Gasteiger partial charge in [0.1, 0.15) is 5.08 Å². The summed E-state index contributed by atoms with van der Waals surface area (Å²) >= 11 is 7.28. The number of carbonyl (C=O) groups is 1. The summed E-state index contributed by atoms with van der Waals surface area (Å²) in [7, 11) is 1.82. The van der Waals surface area contributed by atoms with Crippen LogP contribution in [0.4, 0.5) is 0 Å². The number of alkyl halides is 3. The van der Waals surface area contributed by atoms with E-state index in [-0.39, 0.29) is 5.34 Å². The number of halogens is 3. The molecule has 1 aromatic carbocycles. The first-order valence-electron chi connectivity index (χ1n) is 8.56. The van der Waals surface area contributed by atoms with Crippen molar-refractivity contribution in [3.05, 3.63) is 58.9 Å². The molecule has 7 heteroatoms. The van der Waals surface area contributed by atoms with Gasteiger partial charge in [0.15, 0.2) is 0 Å². The summed E-state index contributed by atoms with van der Waals surface area (Å²) in [6.45, 7) is 6.80. The van der Waals surface area contributed by atoms with E-state index in [1.165, 1.54) is 5.56 Å². The molecular formula is C20H20I3N3O. The fourth-order valence-corrected chi connectivity index (χ4v) is 4.03. The minimum atomic E-state index is -0.00171. The van der Waals surface area contributed by atoms with Crippen LogP contribution in [0.5, 0.6) is 0 Å². The second-order valence-electron chi connectivity index (χ2n) is 6.54. The number of aromatic nitrogens is 2. The third-order valence-electron chi connectivity index (χ3n) is 4.74. The van der Waals surface area contributed by atoms with E-state index in [4.69, 9.17) is 4.98 Å². The molecule has 2 heterocycles. The average molecular weight is 699 g/mol. The maximum absolute atomic E-state index is 12.4. The highest BCUT2D eigenvalue weighted by molar-refractivity contribution is 14.3. The Morgan fingerprint density at radius 3 is 2.48 bits per heavy atom. The number of hydrogen-bond donors (Lipinski definition) is 0. The molecule has 0 atom stereocenters. The third-order valence-corrected chi connectivity index (χ3v) is 6.61. The van der Waals surface area contributed by atoms with E-state index in [2.05, 4.69) is 97.4 Å². The zero-order valence-electron chi connectivity index (χ0n) is 15.6. The van der Waals surface area contributed by atoms with Gasteiger partial charge in [-0.2, -0.15) is 0 Å². The Morgan fingerprint density at radius 2 is 1.89 bits per heavy atom. The van der Waals surface area contributed by atoms with E-state index in [1.54, 1.807) is 4.90 Å². The van der Waals surface area contributed by atoms with E-state index in [0.717, 1.165) is 28.2 Å². The van der Waals surface area contributed by atoms with Gasteiger partial charge in [-0.25, -0.2) is 4.98 Å². The van der Waals surface area contributed by atoms with E-state index >= 15 is 0 Å². The molecule has 0 radical (unpaired) electrons. The molecule has 0 fully saturated rings. The Morgan fingerprint density at radius 1 is 1.19 bits per heavy atom. The number of hydrogen-bond acceptors (Lipinski definition) is 2. The SMILES string of the molecule is CCN(C)C(=O)c1ccc(-c2nc3cc(C(I)(I)I)ccn3c2C)c(C)c1. The largest absolute Gasteiger partial charge is 0.342 e. The maximum atomic E-state index is 12.4. The van der Waals surface area contributed by atoms with Crippen LogP contribution in [0.2, 0.25) is 0 Å². The summed E-state index contributed by atoms with van der Waals surface area (Å²) < 4.78 is 2.12. The maximum Gasteiger partial charge on any atom is 0.253 e. The first kappa shape index (κ1) is 21.3. The Labute approximate surface area is 200 Å². The second-order valence-corrected chi connectivity index (χ2v) is 17.6. The molecule has 0 bridgehead atoms. The molecule has 0 spiro atoms.